The van der Waals surface area contributed by atoms with Crippen molar-refractivity contribution in [3.63, 3.8) is 0 Å². The summed E-state index contributed by atoms with van der Waals surface area (Å²) in [5, 5.41) is 4.31. The van der Waals surface area contributed by atoms with Gasteiger partial charge in [0.15, 0.2) is 0 Å². The van der Waals surface area contributed by atoms with E-state index < -0.39 is 10.0 Å². The topological polar surface area (TPSA) is 64.0 Å². The highest BCUT2D eigenvalue weighted by molar-refractivity contribution is 7.89. The van der Waals surface area contributed by atoms with Gasteiger partial charge in [0, 0.05) is 12.7 Å². The summed E-state index contributed by atoms with van der Waals surface area (Å²) in [7, 11) is -3.58. The van der Waals surface area contributed by atoms with E-state index in [1.807, 2.05) is 53.8 Å². The molecule has 126 valence electrons. The molecule has 5 nitrogen and oxygen atoms in total. The third kappa shape index (κ3) is 3.33. The standard InChI is InChI=1S/C17H25N3O2S/c1-7-20-9-8-16(19-20)10-18-23(21,22)17-14(5)12(3)11(2)13(4)15(17)6/h8-9,18H,7,10H2,1-6H3. The molecule has 23 heavy (non-hydrogen) atoms. The normalized spacial score (nSPS) is 11.9. The van der Waals surface area contributed by atoms with Crippen LogP contribution in [-0.2, 0) is 23.1 Å². The fourth-order valence-electron chi connectivity index (χ4n) is 2.78. The molecule has 2 rings (SSSR count). The first-order chi connectivity index (χ1) is 10.7. The Labute approximate surface area is 138 Å². The summed E-state index contributed by atoms with van der Waals surface area (Å²) in [5.41, 5.74) is 5.56. The van der Waals surface area contributed by atoms with E-state index in [1.165, 1.54) is 0 Å². The molecule has 0 saturated carbocycles. The first kappa shape index (κ1) is 17.7. The number of hydrogen-bond acceptors (Lipinski definition) is 3. The molecule has 0 aliphatic heterocycles. The number of sulfonamides is 1. The van der Waals surface area contributed by atoms with Crippen molar-refractivity contribution in [2.24, 2.45) is 0 Å². The van der Waals surface area contributed by atoms with Crippen molar-refractivity contribution >= 4 is 10.0 Å². The average Bonchev–Trinajstić information content (AvgIpc) is 2.97. The van der Waals surface area contributed by atoms with E-state index in [1.54, 1.807) is 4.68 Å². The molecule has 0 unspecified atom stereocenters. The Kier molecular flexibility index (Phi) is 4.96. The molecule has 1 heterocycles. The fourth-order valence-corrected chi connectivity index (χ4v) is 4.38. The maximum absolute atomic E-state index is 12.8. The molecular weight excluding hydrogens is 310 g/mol. The minimum atomic E-state index is -3.58. The SMILES string of the molecule is CCn1ccc(CNS(=O)(=O)c2c(C)c(C)c(C)c(C)c2C)n1. The smallest absolute Gasteiger partial charge is 0.241 e. The number of hydrogen-bond donors (Lipinski definition) is 1. The van der Waals surface area contributed by atoms with Gasteiger partial charge in [-0.3, -0.25) is 4.68 Å². The van der Waals surface area contributed by atoms with Gasteiger partial charge >= 0.3 is 0 Å². The lowest BCUT2D eigenvalue weighted by atomic mass is 9.95. The number of benzene rings is 1. The van der Waals surface area contributed by atoms with E-state index in [9.17, 15) is 8.42 Å². The number of nitrogens with zero attached hydrogens (tertiary/aromatic N) is 2. The summed E-state index contributed by atoms with van der Waals surface area (Å²) in [4.78, 5) is 0.396. The predicted molar refractivity (Wildman–Crippen MR) is 92.1 cm³/mol. The minimum absolute atomic E-state index is 0.195. The monoisotopic (exact) mass is 335 g/mol. The lowest BCUT2D eigenvalue weighted by molar-refractivity contribution is 0.576. The van der Waals surface area contributed by atoms with Crippen LogP contribution in [0.25, 0.3) is 0 Å². The number of aromatic nitrogens is 2. The zero-order chi connectivity index (χ0) is 17.4. The van der Waals surface area contributed by atoms with Crippen LogP contribution in [0.3, 0.4) is 0 Å². The second-order valence-electron chi connectivity index (χ2n) is 5.94. The Morgan fingerprint density at radius 3 is 2.00 bits per heavy atom. The molecule has 0 atom stereocenters. The number of rotatable bonds is 5. The summed E-state index contributed by atoms with van der Waals surface area (Å²) in [5.74, 6) is 0. The summed E-state index contributed by atoms with van der Waals surface area (Å²) < 4.78 is 30.0. The molecule has 0 saturated heterocycles. The van der Waals surface area contributed by atoms with Crippen molar-refractivity contribution in [3.05, 3.63) is 45.8 Å². The Hall–Kier alpha value is -1.66. The quantitative estimate of drug-likeness (QED) is 0.914. The van der Waals surface area contributed by atoms with E-state index >= 15 is 0 Å². The second kappa shape index (κ2) is 6.45. The highest BCUT2D eigenvalue weighted by atomic mass is 32.2. The van der Waals surface area contributed by atoms with Crippen molar-refractivity contribution < 1.29 is 8.42 Å². The van der Waals surface area contributed by atoms with Gasteiger partial charge in [-0.1, -0.05) is 0 Å². The van der Waals surface area contributed by atoms with Gasteiger partial charge in [-0.2, -0.15) is 5.10 Å². The van der Waals surface area contributed by atoms with Gasteiger partial charge in [0.05, 0.1) is 17.1 Å². The molecule has 0 aliphatic rings. The molecule has 6 heteroatoms. The van der Waals surface area contributed by atoms with Gasteiger partial charge in [0.2, 0.25) is 10.0 Å². The van der Waals surface area contributed by atoms with Crippen molar-refractivity contribution in [1.29, 1.82) is 0 Å². The molecular formula is C17H25N3O2S. The van der Waals surface area contributed by atoms with Crippen molar-refractivity contribution in [2.75, 3.05) is 0 Å². The molecule has 0 aliphatic carbocycles. The Morgan fingerprint density at radius 2 is 1.52 bits per heavy atom. The van der Waals surface area contributed by atoms with Crippen LogP contribution in [0.1, 0.15) is 40.4 Å². The van der Waals surface area contributed by atoms with Gasteiger partial charge in [-0.25, -0.2) is 13.1 Å². The van der Waals surface area contributed by atoms with Crippen LogP contribution in [0.2, 0.25) is 0 Å². The van der Waals surface area contributed by atoms with Crippen molar-refractivity contribution in [3.8, 4) is 0 Å². The molecule has 0 radical (unpaired) electrons. The molecule has 0 amide bonds. The summed E-state index contributed by atoms with van der Waals surface area (Å²) >= 11 is 0. The first-order valence-electron chi connectivity index (χ1n) is 7.78. The van der Waals surface area contributed by atoms with Crippen LogP contribution >= 0.6 is 0 Å². The summed E-state index contributed by atoms with van der Waals surface area (Å²) in [6.07, 6.45) is 1.85. The first-order valence-corrected chi connectivity index (χ1v) is 9.26. The van der Waals surface area contributed by atoms with Gasteiger partial charge in [-0.05, 0) is 75.4 Å². The van der Waals surface area contributed by atoms with Gasteiger partial charge in [-0.15, -0.1) is 0 Å². The molecule has 1 N–H and O–H groups in total. The van der Waals surface area contributed by atoms with E-state index in [2.05, 4.69) is 9.82 Å². The average molecular weight is 335 g/mol. The summed E-state index contributed by atoms with van der Waals surface area (Å²) in [6.45, 7) is 12.7. The van der Waals surface area contributed by atoms with Crippen molar-refractivity contribution in [1.82, 2.24) is 14.5 Å². The third-order valence-electron chi connectivity index (χ3n) is 4.66. The maximum atomic E-state index is 12.8. The van der Waals surface area contributed by atoms with Gasteiger partial charge in [0.1, 0.15) is 0 Å². The molecule has 1 aromatic carbocycles. The molecule has 2 aromatic rings. The number of aryl methyl sites for hydroxylation is 1. The lowest BCUT2D eigenvalue weighted by Crippen LogP contribution is -2.26. The van der Waals surface area contributed by atoms with Gasteiger partial charge in [0.25, 0.3) is 0 Å². The van der Waals surface area contributed by atoms with E-state index in [-0.39, 0.29) is 6.54 Å². The Balaban J connectivity index is 2.36. The highest BCUT2D eigenvalue weighted by Gasteiger charge is 2.23. The van der Waals surface area contributed by atoms with Crippen LogP contribution in [0.4, 0.5) is 0 Å². The van der Waals surface area contributed by atoms with Crippen LogP contribution in [0.5, 0.6) is 0 Å². The zero-order valence-electron chi connectivity index (χ0n) is 14.7. The lowest BCUT2D eigenvalue weighted by Gasteiger charge is -2.18. The molecule has 0 bridgehead atoms. The van der Waals surface area contributed by atoms with Crippen LogP contribution in [-0.4, -0.2) is 18.2 Å². The van der Waals surface area contributed by atoms with E-state index in [0.717, 1.165) is 34.4 Å². The highest BCUT2D eigenvalue weighted by Crippen LogP contribution is 2.29. The molecule has 0 fully saturated rings. The predicted octanol–water partition coefficient (Wildman–Crippen LogP) is 2.92. The minimum Gasteiger partial charge on any atom is -0.273 e. The van der Waals surface area contributed by atoms with Crippen LogP contribution in [0.15, 0.2) is 17.2 Å². The Morgan fingerprint density at radius 1 is 1.00 bits per heavy atom. The van der Waals surface area contributed by atoms with E-state index in [0.29, 0.717) is 10.6 Å². The second-order valence-corrected chi connectivity index (χ2v) is 7.65. The van der Waals surface area contributed by atoms with Crippen LogP contribution < -0.4 is 4.72 Å². The molecule has 1 aromatic heterocycles. The maximum Gasteiger partial charge on any atom is 0.241 e. The number of nitrogens with one attached hydrogen (secondary N) is 1. The zero-order valence-corrected chi connectivity index (χ0v) is 15.5. The Bertz CT molecular complexity index is 807. The van der Waals surface area contributed by atoms with E-state index in [4.69, 9.17) is 0 Å². The fraction of sp³-hybridized carbons (Fsp3) is 0.471. The van der Waals surface area contributed by atoms with Crippen LogP contribution in [0, 0.1) is 34.6 Å². The third-order valence-corrected chi connectivity index (χ3v) is 6.34. The van der Waals surface area contributed by atoms with Gasteiger partial charge < -0.3 is 0 Å². The largest absolute Gasteiger partial charge is 0.273 e. The molecule has 0 spiro atoms. The van der Waals surface area contributed by atoms with Crippen molar-refractivity contribution in [2.45, 2.75) is 59.5 Å². The summed E-state index contributed by atoms with van der Waals surface area (Å²) in [6, 6.07) is 1.83.